The van der Waals surface area contributed by atoms with Gasteiger partial charge in [0.2, 0.25) is 5.91 Å². The van der Waals surface area contributed by atoms with Crippen molar-refractivity contribution in [3.63, 3.8) is 0 Å². The van der Waals surface area contributed by atoms with Gasteiger partial charge in [0.15, 0.2) is 0 Å². The largest absolute Gasteiger partial charge is 0.348 e. The lowest BCUT2D eigenvalue weighted by Crippen LogP contribution is -2.52. The van der Waals surface area contributed by atoms with Gasteiger partial charge in [0.25, 0.3) is 10.0 Å². The van der Waals surface area contributed by atoms with Crippen molar-refractivity contribution < 1.29 is 13.2 Å². The number of H-pyrrole nitrogens is 1. The van der Waals surface area contributed by atoms with Gasteiger partial charge in [-0.05, 0) is 42.0 Å². The molecule has 0 aliphatic carbocycles. The fraction of sp³-hybridized carbons (Fsp3) is 0.250. The molecule has 4 aromatic rings. The van der Waals surface area contributed by atoms with Crippen molar-refractivity contribution in [1.29, 1.82) is 0 Å². The lowest BCUT2D eigenvalue weighted by molar-refractivity contribution is -0.128. The summed E-state index contributed by atoms with van der Waals surface area (Å²) in [7, 11) is -3.54. The van der Waals surface area contributed by atoms with Crippen LogP contribution >= 0.6 is 11.3 Å². The monoisotopic (exact) mass is 480 g/mol. The molecule has 2 aromatic heterocycles. The van der Waals surface area contributed by atoms with E-state index in [0.717, 1.165) is 16.6 Å². The van der Waals surface area contributed by atoms with Crippen molar-refractivity contribution in [2.75, 3.05) is 13.1 Å². The standard InChI is InChI=1S/C24H24N4O3S2/c29-23(25-17-21-26-19-9-4-5-10-20(19)27-21)24(18-7-2-1-3-8-18)12-14-28(15-13-24)33(30,31)22-11-6-16-32-22/h1-11,16H,12-15,17H2,(H,25,29)(H,26,27). The lowest BCUT2D eigenvalue weighted by atomic mass is 9.72. The first kappa shape index (κ1) is 21.8. The molecule has 9 heteroatoms. The first-order valence-electron chi connectivity index (χ1n) is 10.8. The van der Waals surface area contributed by atoms with Gasteiger partial charge in [0.1, 0.15) is 10.0 Å². The second-order valence-electron chi connectivity index (χ2n) is 8.17. The number of para-hydroxylation sites is 2. The number of carbonyl (C=O) groups is 1. The highest BCUT2D eigenvalue weighted by molar-refractivity contribution is 7.91. The Labute approximate surface area is 196 Å². The Morgan fingerprint density at radius 2 is 1.76 bits per heavy atom. The molecule has 170 valence electrons. The van der Waals surface area contributed by atoms with E-state index in [-0.39, 0.29) is 25.5 Å². The normalized spacial score (nSPS) is 16.6. The first-order chi connectivity index (χ1) is 16.0. The molecule has 0 radical (unpaired) electrons. The quantitative estimate of drug-likeness (QED) is 0.440. The Morgan fingerprint density at radius 3 is 2.45 bits per heavy atom. The van der Waals surface area contributed by atoms with Gasteiger partial charge in [-0.15, -0.1) is 11.3 Å². The Bertz CT molecular complexity index is 1320. The van der Waals surface area contributed by atoms with Crippen LogP contribution in [0.2, 0.25) is 0 Å². The Kier molecular flexibility index (Phi) is 5.77. The van der Waals surface area contributed by atoms with Crippen molar-refractivity contribution in [2.24, 2.45) is 0 Å². The van der Waals surface area contributed by atoms with Crippen molar-refractivity contribution >= 4 is 38.3 Å². The van der Waals surface area contributed by atoms with Crippen LogP contribution in [-0.2, 0) is 26.8 Å². The summed E-state index contributed by atoms with van der Waals surface area (Å²) in [6.45, 7) is 0.847. The second kappa shape index (κ2) is 8.74. The number of imidazole rings is 1. The van der Waals surface area contributed by atoms with Crippen LogP contribution in [0.1, 0.15) is 24.2 Å². The number of hydrogen-bond donors (Lipinski definition) is 2. The Balaban J connectivity index is 1.37. The summed E-state index contributed by atoms with van der Waals surface area (Å²) in [5.74, 6) is 0.577. The summed E-state index contributed by atoms with van der Waals surface area (Å²) in [6.07, 6.45) is 0.821. The van der Waals surface area contributed by atoms with Crippen molar-refractivity contribution in [1.82, 2.24) is 19.6 Å². The van der Waals surface area contributed by atoms with Gasteiger partial charge in [-0.3, -0.25) is 4.79 Å². The van der Waals surface area contributed by atoms with Crippen molar-refractivity contribution in [3.8, 4) is 0 Å². The van der Waals surface area contributed by atoms with Crippen LogP contribution in [-0.4, -0.2) is 41.7 Å². The van der Waals surface area contributed by atoms with Crippen LogP contribution in [0.25, 0.3) is 11.0 Å². The van der Waals surface area contributed by atoms with E-state index in [9.17, 15) is 13.2 Å². The molecule has 0 unspecified atom stereocenters. The minimum Gasteiger partial charge on any atom is -0.348 e. The average molecular weight is 481 g/mol. The number of carbonyl (C=O) groups excluding carboxylic acids is 1. The number of benzene rings is 2. The maximum Gasteiger partial charge on any atom is 0.252 e. The average Bonchev–Trinajstić information content (AvgIpc) is 3.53. The van der Waals surface area contributed by atoms with Gasteiger partial charge in [0.05, 0.1) is 23.0 Å². The Morgan fingerprint density at radius 1 is 1.03 bits per heavy atom. The molecule has 2 aromatic carbocycles. The molecule has 0 atom stereocenters. The van der Waals surface area contributed by atoms with Crippen molar-refractivity contribution in [2.45, 2.75) is 29.0 Å². The number of piperidine rings is 1. The zero-order chi connectivity index (χ0) is 22.9. The van der Waals surface area contributed by atoms with Gasteiger partial charge in [-0.2, -0.15) is 4.31 Å². The van der Waals surface area contributed by atoms with Gasteiger partial charge >= 0.3 is 0 Å². The molecule has 7 nitrogen and oxygen atoms in total. The number of aromatic amines is 1. The second-order valence-corrected chi connectivity index (χ2v) is 11.3. The van der Waals surface area contributed by atoms with Crippen LogP contribution in [0.3, 0.4) is 0 Å². The summed E-state index contributed by atoms with van der Waals surface area (Å²) in [5.41, 5.74) is 1.88. The highest BCUT2D eigenvalue weighted by atomic mass is 32.2. The Hall–Kier alpha value is -3.01. The third kappa shape index (κ3) is 4.07. The molecule has 0 saturated carbocycles. The van der Waals surface area contributed by atoms with E-state index in [0.29, 0.717) is 22.9 Å². The summed E-state index contributed by atoms with van der Waals surface area (Å²) in [5, 5.41) is 4.81. The van der Waals surface area contributed by atoms with Gasteiger partial charge in [0, 0.05) is 13.1 Å². The number of nitrogens with zero attached hydrogens (tertiary/aromatic N) is 2. The number of nitrogens with one attached hydrogen (secondary N) is 2. The minimum absolute atomic E-state index is 0.109. The van der Waals surface area contributed by atoms with E-state index >= 15 is 0 Å². The van der Waals surface area contributed by atoms with Gasteiger partial charge in [-0.25, -0.2) is 13.4 Å². The predicted octanol–water partition coefficient (Wildman–Crippen LogP) is 3.66. The number of thiophene rings is 1. The van der Waals surface area contributed by atoms with E-state index < -0.39 is 15.4 Å². The SMILES string of the molecule is O=C(NCc1nc2ccccc2[nH]1)C1(c2ccccc2)CCN(S(=O)(=O)c2cccs2)CC1. The molecule has 1 amide bonds. The molecule has 1 saturated heterocycles. The first-order valence-corrected chi connectivity index (χ1v) is 13.1. The molecule has 1 aliphatic rings. The molecule has 33 heavy (non-hydrogen) atoms. The number of amides is 1. The number of aromatic nitrogens is 2. The highest BCUT2D eigenvalue weighted by Crippen LogP contribution is 2.38. The molecular weight excluding hydrogens is 456 g/mol. The summed E-state index contributed by atoms with van der Waals surface area (Å²) in [4.78, 5) is 21.4. The highest BCUT2D eigenvalue weighted by Gasteiger charge is 2.45. The van der Waals surface area contributed by atoms with E-state index in [1.165, 1.54) is 15.6 Å². The molecular formula is C24H24N4O3S2. The van der Waals surface area contributed by atoms with Gasteiger partial charge < -0.3 is 10.3 Å². The predicted molar refractivity (Wildman–Crippen MR) is 128 cm³/mol. The number of hydrogen-bond acceptors (Lipinski definition) is 5. The van der Waals surface area contributed by atoms with Crippen LogP contribution < -0.4 is 5.32 Å². The minimum atomic E-state index is -3.54. The van der Waals surface area contributed by atoms with Crippen LogP contribution in [0.4, 0.5) is 0 Å². The summed E-state index contributed by atoms with van der Waals surface area (Å²) >= 11 is 1.21. The topological polar surface area (TPSA) is 95.2 Å². The molecule has 0 spiro atoms. The maximum absolute atomic E-state index is 13.6. The third-order valence-electron chi connectivity index (χ3n) is 6.28. The number of sulfonamides is 1. The summed E-state index contributed by atoms with van der Waals surface area (Å²) < 4.78 is 27.8. The van der Waals surface area contributed by atoms with Crippen LogP contribution in [0.5, 0.6) is 0 Å². The molecule has 1 aliphatic heterocycles. The molecule has 5 rings (SSSR count). The fourth-order valence-electron chi connectivity index (χ4n) is 4.47. The van der Waals surface area contributed by atoms with Crippen LogP contribution in [0, 0.1) is 0 Å². The summed E-state index contributed by atoms with van der Waals surface area (Å²) in [6, 6.07) is 20.7. The van der Waals surface area contributed by atoms with E-state index in [4.69, 9.17) is 0 Å². The zero-order valence-electron chi connectivity index (χ0n) is 17.9. The van der Waals surface area contributed by atoms with E-state index in [2.05, 4.69) is 15.3 Å². The molecule has 2 N–H and O–H groups in total. The number of fused-ring (bicyclic) bond motifs is 1. The zero-order valence-corrected chi connectivity index (χ0v) is 19.5. The fourth-order valence-corrected chi connectivity index (χ4v) is 7.06. The smallest absolute Gasteiger partial charge is 0.252 e. The third-order valence-corrected chi connectivity index (χ3v) is 9.55. The molecule has 3 heterocycles. The lowest BCUT2D eigenvalue weighted by Gasteiger charge is -2.40. The van der Waals surface area contributed by atoms with E-state index in [1.807, 2.05) is 54.6 Å². The number of rotatable bonds is 6. The molecule has 1 fully saturated rings. The molecule has 0 bridgehead atoms. The van der Waals surface area contributed by atoms with Crippen LogP contribution in [0.15, 0.2) is 76.3 Å². The van der Waals surface area contributed by atoms with Gasteiger partial charge in [-0.1, -0.05) is 48.5 Å². The van der Waals surface area contributed by atoms with Crippen molar-refractivity contribution in [3.05, 3.63) is 83.5 Å². The van der Waals surface area contributed by atoms with E-state index in [1.54, 1.807) is 17.5 Å². The maximum atomic E-state index is 13.6.